The average molecular weight is 339 g/mol. The summed E-state index contributed by atoms with van der Waals surface area (Å²) in [7, 11) is -2.85. The number of carbonyl (C=O) groups excluding carboxylic acids is 1. The van der Waals surface area contributed by atoms with Crippen LogP contribution in [0.15, 0.2) is 29.2 Å². The second-order valence-corrected chi connectivity index (χ2v) is 6.72. The minimum atomic E-state index is -4.06. The smallest absolute Gasteiger partial charge is 0.358 e. The summed E-state index contributed by atoms with van der Waals surface area (Å²) in [6.07, 6.45) is 1.47. The maximum Gasteiger partial charge on any atom is 0.358 e. The minimum Gasteiger partial charge on any atom is -0.464 e. The highest BCUT2D eigenvalue weighted by Crippen LogP contribution is 2.26. The summed E-state index contributed by atoms with van der Waals surface area (Å²) in [6, 6.07) is 4.58. The Morgan fingerprint density at radius 1 is 1.43 bits per heavy atom. The predicted octanol–water partition coefficient (Wildman–Crippen LogP) is 1.56. The summed E-state index contributed by atoms with van der Waals surface area (Å²) in [5.41, 5.74) is 0.0555. The molecule has 2 heterocycles. The summed E-state index contributed by atoms with van der Waals surface area (Å²) in [5, 5.41) is 0. The molecule has 1 aromatic carbocycles. The molecular weight excluding hydrogens is 325 g/mol. The molecule has 0 fully saturated rings. The maximum atomic E-state index is 13.2. The van der Waals surface area contributed by atoms with Gasteiger partial charge in [-0.05, 0) is 24.6 Å². The molecule has 0 amide bonds. The second-order valence-electron chi connectivity index (χ2n) is 5.03. The van der Waals surface area contributed by atoms with Gasteiger partial charge in [0, 0.05) is 13.0 Å². The Bertz CT molecular complexity index is 876. The van der Waals surface area contributed by atoms with Crippen molar-refractivity contribution in [2.24, 2.45) is 0 Å². The van der Waals surface area contributed by atoms with Crippen LogP contribution in [0, 0.1) is 5.82 Å². The van der Waals surface area contributed by atoms with Crippen molar-refractivity contribution < 1.29 is 22.3 Å². The van der Waals surface area contributed by atoms with Crippen molar-refractivity contribution >= 4 is 21.8 Å². The van der Waals surface area contributed by atoms with E-state index in [-0.39, 0.29) is 16.4 Å². The number of anilines is 1. The summed E-state index contributed by atoms with van der Waals surface area (Å²) in [5.74, 6) is -0.839. The van der Waals surface area contributed by atoms with Crippen LogP contribution in [-0.2, 0) is 27.7 Å². The Morgan fingerprint density at radius 3 is 2.91 bits per heavy atom. The van der Waals surface area contributed by atoms with Crippen LogP contribution >= 0.6 is 0 Å². The van der Waals surface area contributed by atoms with Gasteiger partial charge in [0.15, 0.2) is 11.5 Å². The molecule has 1 aromatic heterocycles. The number of sulfonamides is 1. The SMILES string of the molecule is COC(=O)c1c(NS(=O)(=O)c2cccc(F)c2)nc2n1CCC2. The highest BCUT2D eigenvalue weighted by molar-refractivity contribution is 7.92. The molecular formula is C14H14FN3O4S. The molecule has 0 saturated heterocycles. The molecule has 0 unspecified atom stereocenters. The molecule has 1 aliphatic heterocycles. The van der Waals surface area contributed by atoms with Crippen molar-refractivity contribution in [2.45, 2.75) is 24.3 Å². The number of methoxy groups -OCH3 is 1. The highest BCUT2D eigenvalue weighted by Gasteiger charge is 2.29. The molecule has 1 aliphatic rings. The van der Waals surface area contributed by atoms with Crippen LogP contribution < -0.4 is 4.72 Å². The number of aryl methyl sites for hydroxylation is 1. The maximum absolute atomic E-state index is 13.2. The molecule has 3 rings (SSSR count). The van der Waals surface area contributed by atoms with Crippen molar-refractivity contribution in [1.82, 2.24) is 9.55 Å². The summed E-state index contributed by atoms with van der Waals surface area (Å²) in [4.78, 5) is 15.9. The number of hydrogen-bond acceptors (Lipinski definition) is 5. The number of rotatable bonds is 4. The highest BCUT2D eigenvalue weighted by atomic mass is 32.2. The van der Waals surface area contributed by atoms with Crippen LogP contribution in [0.2, 0.25) is 0 Å². The lowest BCUT2D eigenvalue weighted by atomic mass is 10.3. The lowest BCUT2D eigenvalue weighted by molar-refractivity contribution is 0.0590. The van der Waals surface area contributed by atoms with Crippen LogP contribution in [0.25, 0.3) is 0 Å². The molecule has 122 valence electrons. The number of hydrogen-bond donors (Lipinski definition) is 1. The summed E-state index contributed by atoms with van der Waals surface area (Å²) in [6.45, 7) is 0.564. The molecule has 2 aromatic rings. The number of aromatic nitrogens is 2. The quantitative estimate of drug-likeness (QED) is 0.854. The molecule has 0 spiro atoms. The normalized spacial score (nSPS) is 13.7. The van der Waals surface area contributed by atoms with E-state index in [0.717, 1.165) is 18.6 Å². The third-order valence-electron chi connectivity index (χ3n) is 3.54. The first kappa shape index (κ1) is 15.5. The van der Waals surface area contributed by atoms with Crippen molar-refractivity contribution in [3.8, 4) is 0 Å². The van der Waals surface area contributed by atoms with E-state index in [2.05, 4.69) is 9.71 Å². The molecule has 1 N–H and O–H groups in total. The zero-order chi connectivity index (χ0) is 16.6. The van der Waals surface area contributed by atoms with E-state index in [4.69, 9.17) is 4.74 Å². The zero-order valence-electron chi connectivity index (χ0n) is 12.2. The zero-order valence-corrected chi connectivity index (χ0v) is 13.1. The fourth-order valence-corrected chi connectivity index (χ4v) is 3.56. The van der Waals surface area contributed by atoms with E-state index in [1.165, 1.54) is 19.2 Å². The predicted molar refractivity (Wildman–Crippen MR) is 79.1 cm³/mol. The Labute approximate surface area is 132 Å². The first-order valence-electron chi connectivity index (χ1n) is 6.88. The van der Waals surface area contributed by atoms with E-state index in [1.807, 2.05) is 0 Å². The van der Waals surface area contributed by atoms with Crippen molar-refractivity contribution in [3.63, 3.8) is 0 Å². The lowest BCUT2D eigenvalue weighted by Crippen LogP contribution is -2.18. The number of imidazole rings is 1. The van der Waals surface area contributed by atoms with E-state index in [0.29, 0.717) is 18.8 Å². The Morgan fingerprint density at radius 2 is 2.22 bits per heavy atom. The number of nitrogens with zero attached hydrogens (tertiary/aromatic N) is 2. The molecule has 0 bridgehead atoms. The number of fused-ring (bicyclic) bond motifs is 1. The van der Waals surface area contributed by atoms with Gasteiger partial charge in [-0.3, -0.25) is 4.72 Å². The van der Waals surface area contributed by atoms with E-state index < -0.39 is 21.8 Å². The van der Waals surface area contributed by atoms with Crippen LogP contribution in [0.3, 0.4) is 0 Å². The van der Waals surface area contributed by atoms with Gasteiger partial charge in [-0.2, -0.15) is 0 Å². The van der Waals surface area contributed by atoms with Gasteiger partial charge in [-0.15, -0.1) is 0 Å². The Hall–Kier alpha value is -2.42. The van der Waals surface area contributed by atoms with E-state index in [1.54, 1.807) is 4.57 Å². The van der Waals surface area contributed by atoms with Gasteiger partial charge in [-0.25, -0.2) is 22.6 Å². The van der Waals surface area contributed by atoms with Crippen LogP contribution in [0.1, 0.15) is 22.7 Å². The van der Waals surface area contributed by atoms with Gasteiger partial charge in [0.2, 0.25) is 0 Å². The number of halogens is 1. The lowest BCUT2D eigenvalue weighted by Gasteiger charge is -2.09. The standard InChI is InChI=1S/C14H14FN3O4S/c1-22-14(19)12-13(16-11-6-3-7-18(11)12)17-23(20,21)10-5-2-4-9(15)8-10/h2,4-5,8,17H,3,6-7H2,1H3. The van der Waals surface area contributed by atoms with E-state index >= 15 is 0 Å². The summed E-state index contributed by atoms with van der Waals surface area (Å²) >= 11 is 0. The second kappa shape index (κ2) is 5.65. The monoisotopic (exact) mass is 339 g/mol. The van der Waals surface area contributed by atoms with Gasteiger partial charge in [-0.1, -0.05) is 6.07 Å². The molecule has 0 aliphatic carbocycles. The fourth-order valence-electron chi connectivity index (χ4n) is 2.52. The van der Waals surface area contributed by atoms with Crippen LogP contribution in [0.4, 0.5) is 10.2 Å². The van der Waals surface area contributed by atoms with E-state index in [9.17, 15) is 17.6 Å². The van der Waals surface area contributed by atoms with Gasteiger partial charge < -0.3 is 9.30 Å². The molecule has 23 heavy (non-hydrogen) atoms. The van der Waals surface area contributed by atoms with Gasteiger partial charge >= 0.3 is 5.97 Å². The third-order valence-corrected chi connectivity index (χ3v) is 4.88. The minimum absolute atomic E-state index is 0.0555. The molecule has 7 nitrogen and oxygen atoms in total. The first-order valence-corrected chi connectivity index (χ1v) is 8.37. The average Bonchev–Trinajstić information content (AvgIpc) is 3.06. The fraction of sp³-hybridized carbons (Fsp3) is 0.286. The summed E-state index contributed by atoms with van der Waals surface area (Å²) < 4.78 is 46.6. The van der Waals surface area contributed by atoms with Gasteiger partial charge in [0.25, 0.3) is 10.0 Å². The first-order chi connectivity index (χ1) is 10.9. The molecule has 9 heteroatoms. The van der Waals surface area contributed by atoms with Crippen molar-refractivity contribution in [3.05, 3.63) is 41.6 Å². The van der Waals surface area contributed by atoms with Crippen LogP contribution in [0.5, 0.6) is 0 Å². The number of carbonyl (C=O) groups is 1. The Kier molecular flexibility index (Phi) is 3.80. The number of esters is 1. The molecule has 0 atom stereocenters. The molecule has 0 radical (unpaired) electrons. The van der Waals surface area contributed by atoms with Crippen molar-refractivity contribution in [2.75, 3.05) is 11.8 Å². The third kappa shape index (κ3) is 2.79. The number of nitrogens with one attached hydrogen (secondary N) is 1. The Balaban J connectivity index is 2.02. The van der Waals surface area contributed by atoms with Gasteiger partial charge in [0.1, 0.15) is 11.6 Å². The number of benzene rings is 1. The molecule has 0 saturated carbocycles. The number of ether oxygens (including phenoxy) is 1. The van der Waals surface area contributed by atoms with Crippen molar-refractivity contribution in [1.29, 1.82) is 0 Å². The topological polar surface area (TPSA) is 90.3 Å². The largest absolute Gasteiger partial charge is 0.464 e. The van der Waals surface area contributed by atoms with Gasteiger partial charge in [0.05, 0.1) is 12.0 Å². The van der Waals surface area contributed by atoms with Crippen LogP contribution in [-0.4, -0.2) is 31.0 Å².